The number of aromatic hydroxyl groups is 1. The van der Waals surface area contributed by atoms with Crippen LogP contribution in [0.2, 0.25) is 0 Å². The van der Waals surface area contributed by atoms with Crippen LogP contribution >= 0.6 is 11.8 Å². The van der Waals surface area contributed by atoms with Gasteiger partial charge in [-0.3, -0.25) is 9.36 Å². The number of hydrogen-bond donors (Lipinski definition) is 1. The van der Waals surface area contributed by atoms with Gasteiger partial charge >= 0.3 is 11.8 Å². The Morgan fingerprint density at radius 3 is 2.35 bits per heavy atom. The van der Waals surface area contributed by atoms with E-state index in [0.717, 1.165) is 28.5 Å². The van der Waals surface area contributed by atoms with E-state index in [1.54, 1.807) is 13.8 Å². The highest BCUT2D eigenvalue weighted by atomic mass is 32.2. The molecule has 0 radical (unpaired) electrons. The summed E-state index contributed by atoms with van der Waals surface area (Å²) in [4.78, 5) is 26.2. The van der Waals surface area contributed by atoms with E-state index in [2.05, 4.69) is 0 Å². The molecule has 0 bridgehead atoms. The minimum atomic E-state index is -4.61. The third-order valence-corrected chi connectivity index (χ3v) is 7.00. The van der Waals surface area contributed by atoms with Gasteiger partial charge in [-0.05, 0) is 42.0 Å². The van der Waals surface area contributed by atoms with E-state index in [1.165, 1.54) is 36.4 Å². The van der Waals surface area contributed by atoms with Gasteiger partial charge in [0.05, 0.1) is 11.3 Å². The maximum absolute atomic E-state index is 13.5. The number of fused-ring (bicyclic) bond motifs is 4. The van der Waals surface area contributed by atoms with Crippen molar-refractivity contribution in [1.82, 2.24) is 4.57 Å². The average molecular weight is 489 g/mol. The molecule has 5 rings (SSSR count). The van der Waals surface area contributed by atoms with Crippen molar-refractivity contribution in [3.05, 3.63) is 91.9 Å². The Labute approximate surface area is 193 Å². The van der Waals surface area contributed by atoms with Crippen LogP contribution in [0.15, 0.2) is 72.3 Å². The fourth-order valence-corrected chi connectivity index (χ4v) is 5.04. The lowest BCUT2D eigenvalue weighted by Crippen LogP contribution is -2.24. The Hall–Kier alpha value is -3.53. The average Bonchev–Trinajstić information content (AvgIpc) is 2.98. The second-order valence-corrected chi connectivity index (χ2v) is 9.47. The largest absolute Gasteiger partial charge is 0.505 e. The zero-order valence-corrected chi connectivity index (χ0v) is 18.5. The highest BCUT2D eigenvalue weighted by molar-refractivity contribution is 7.99. The number of aromatic nitrogens is 1. The maximum Gasteiger partial charge on any atom is 0.416 e. The van der Waals surface area contributed by atoms with Crippen LogP contribution in [0.25, 0.3) is 16.7 Å². The second kappa shape index (κ2) is 7.23. The van der Waals surface area contributed by atoms with Gasteiger partial charge in [0.1, 0.15) is 21.7 Å². The lowest BCUT2D eigenvalue weighted by Gasteiger charge is -2.20. The van der Waals surface area contributed by atoms with Gasteiger partial charge < -0.3 is 9.52 Å². The topological polar surface area (TPSA) is 72.4 Å². The van der Waals surface area contributed by atoms with Gasteiger partial charge in [0.2, 0.25) is 0 Å². The summed E-state index contributed by atoms with van der Waals surface area (Å²) < 4.78 is 59.8. The summed E-state index contributed by atoms with van der Waals surface area (Å²) >= 11 is 0.778. The van der Waals surface area contributed by atoms with Crippen molar-refractivity contribution in [2.45, 2.75) is 35.2 Å². The highest BCUT2D eigenvalue weighted by Gasteiger charge is 2.40. The molecule has 0 amide bonds. The van der Waals surface area contributed by atoms with Crippen molar-refractivity contribution >= 4 is 22.7 Å². The molecule has 4 aromatic rings. The molecular weight excluding hydrogens is 474 g/mol. The second-order valence-electron chi connectivity index (χ2n) is 8.39. The van der Waals surface area contributed by atoms with Crippen molar-refractivity contribution in [2.24, 2.45) is 0 Å². The van der Waals surface area contributed by atoms with Crippen LogP contribution in [-0.4, -0.2) is 9.67 Å². The smallest absolute Gasteiger partial charge is 0.416 e. The molecule has 1 aliphatic heterocycles. The van der Waals surface area contributed by atoms with Gasteiger partial charge in [0.25, 0.3) is 5.56 Å². The zero-order valence-electron chi connectivity index (χ0n) is 17.7. The molecule has 0 spiro atoms. The van der Waals surface area contributed by atoms with Gasteiger partial charge in [-0.15, -0.1) is 0 Å². The predicted molar refractivity (Wildman–Crippen MR) is 117 cm³/mol. The molecule has 1 aliphatic rings. The lowest BCUT2D eigenvalue weighted by molar-refractivity contribution is -0.137. The van der Waals surface area contributed by atoms with E-state index >= 15 is 0 Å². The molecule has 2 aromatic heterocycles. The molecule has 0 fully saturated rings. The first kappa shape index (κ1) is 22.3. The fraction of sp³-hybridized carbons (Fsp3) is 0.167. The molecule has 10 heteroatoms. The van der Waals surface area contributed by atoms with Crippen LogP contribution in [0.5, 0.6) is 5.75 Å². The first-order chi connectivity index (χ1) is 15.9. The van der Waals surface area contributed by atoms with Crippen molar-refractivity contribution in [2.75, 3.05) is 0 Å². The minimum absolute atomic E-state index is 0.0417. The highest BCUT2D eigenvalue weighted by Crippen LogP contribution is 2.45. The molecule has 34 heavy (non-hydrogen) atoms. The van der Waals surface area contributed by atoms with Gasteiger partial charge in [-0.25, -0.2) is 9.18 Å². The summed E-state index contributed by atoms with van der Waals surface area (Å²) in [6.45, 7) is 3.47. The Kier molecular flexibility index (Phi) is 4.74. The van der Waals surface area contributed by atoms with E-state index in [9.17, 15) is 32.3 Å². The summed E-state index contributed by atoms with van der Waals surface area (Å²) in [6.07, 6.45) is -4.61. The van der Waals surface area contributed by atoms with Crippen LogP contribution < -0.4 is 11.2 Å². The number of nitrogens with zero attached hydrogens (tertiary/aromatic N) is 1. The van der Waals surface area contributed by atoms with E-state index < -0.39 is 39.9 Å². The van der Waals surface area contributed by atoms with Gasteiger partial charge in [-0.2, -0.15) is 13.2 Å². The number of pyridine rings is 1. The monoisotopic (exact) mass is 489 g/mol. The van der Waals surface area contributed by atoms with Crippen LogP contribution in [0.4, 0.5) is 17.6 Å². The summed E-state index contributed by atoms with van der Waals surface area (Å²) in [5, 5.41) is 10.5. The van der Waals surface area contributed by atoms with E-state index in [0.29, 0.717) is 16.2 Å². The van der Waals surface area contributed by atoms with Crippen LogP contribution in [0.3, 0.4) is 0 Å². The SMILES string of the molecule is CC1(C)c2ccc(C(F)(F)F)cc2-n2c1cc1oc(=O)c(Sc3ccc(F)cc3)c(O)c1c2=O. The summed E-state index contributed by atoms with van der Waals surface area (Å²) in [6, 6.07) is 9.66. The Morgan fingerprint density at radius 2 is 1.71 bits per heavy atom. The fourth-order valence-electron chi connectivity index (χ4n) is 4.21. The Balaban J connectivity index is 1.78. The molecular formula is C24H15F4NO4S. The number of alkyl halides is 3. The van der Waals surface area contributed by atoms with Gasteiger partial charge in [0, 0.05) is 22.1 Å². The van der Waals surface area contributed by atoms with Crippen LogP contribution in [-0.2, 0) is 11.6 Å². The van der Waals surface area contributed by atoms with Crippen molar-refractivity contribution in [3.63, 3.8) is 0 Å². The predicted octanol–water partition coefficient (Wildman–Crippen LogP) is 5.60. The van der Waals surface area contributed by atoms with Gasteiger partial charge in [0.15, 0.2) is 5.75 Å². The van der Waals surface area contributed by atoms with Crippen molar-refractivity contribution < 1.29 is 27.1 Å². The Bertz CT molecular complexity index is 1600. The molecule has 0 saturated carbocycles. The van der Waals surface area contributed by atoms with Crippen molar-refractivity contribution in [1.29, 1.82) is 0 Å². The summed E-state index contributed by atoms with van der Waals surface area (Å²) in [5.74, 6) is -1.15. The summed E-state index contributed by atoms with van der Waals surface area (Å²) in [5.41, 5.74) is -2.85. The first-order valence-electron chi connectivity index (χ1n) is 10.0. The molecule has 5 nitrogen and oxygen atoms in total. The minimum Gasteiger partial charge on any atom is -0.505 e. The van der Waals surface area contributed by atoms with Gasteiger partial charge in [-0.1, -0.05) is 31.7 Å². The first-order valence-corrected chi connectivity index (χ1v) is 10.8. The Morgan fingerprint density at radius 1 is 1.03 bits per heavy atom. The molecule has 3 heterocycles. The van der Waals surface area contributed by atoms with Crippen LogP contribution in [0.1, 0.15) is 30.7 Å². The molecule has 0 unspecified atom stereocenters. The molecule has 2 aromatic carbocycles. The number of benzene rings is 2. The summed E-state index contributed by atoms with van der Waals surface area (Å²) in [7, 11) is 0. The van der Waals surface area contributed by atoms with Crippen LogP contribution in [0, 0.1) is 5.82 Å². The quantitative estimate of drug-likeness (QED) is 0.371. The standard InChI is InChI=1S/C24H15F4NO4S/c1-23(2)14-8-3-11(24(26,27)28)9-15(14)29-17(23)10-16-18(21(29)31)19(30)20(22(32)33-16)34-13-6-4-12(25)5-7-13/h3-10,30H,1-2H3. The molecule has 174 valence electrons. The van der Waals surface area contributed by atoms with E-state index in [4.69, 9.17) is 4.42 Å². The molecule has 0 atom stereocenters. The normalized spacial score (nSPS) is 14.3. The maximum atomic E-state index is 13.5. The number of halogens is 4. The lowest BCUT2D eigenvalue weighted by atomic mass is 9.83. The third-order valence-electron chi connectivity index (χ3n) is 5.93. The zero-order chi connectivity index (χ0) is 24.6. The van der Waals surface area contributed by atoms with E-state index in [1.807, 2.05) is 0 Å². The molecule has 0 aliphatic carbocycles. The number of hydrogen-bond acceptors (Lipinski definition) is 5. The van der Waals surface area contributed by atoms with E-state index in [-0.39, 0.29) is 21.6 Å². The third kappa shape index (κ3) is 3.24. The number of rotatable bonds is 2. The molecule has 0 saturated heterocycles. The van der Waals surface area contributed by atoms with Crippen molar-refractivity contribution in [3.8, 4) is 11.4 Å². The molecule has 1 N–H and O–H groups in total.